The Labute approximate surface area is 302 Å². The maximum atomic E-state index is 12.3. The van der Waals surface area contributed by atoms with Gasteiger partial charge in [0.25, 0.3) is 11.8 Å². The van der Waals surface area contributed by atoms with Crippen molar-refractivity contribution in [1.29, 1.82) is 0 Å². The summed E-state index contributed by atoms with van der Waals surface area (Å²) in [5.74, 6) is -4.10. The van der Waals surface area contributed by atoms with E-state index in [1.165, 1.54) is 50.7 Å². The number of carbonyl (C=O) groups excluding carboxylic acids is 5. The fourth-order valence-electron chi connectivity index (χ4n) is 3.15. The van der Waals surface area contributed by atoms with Gasteiger partial charge in [0.05, 0.1) is 39.2 Å². The van der Waals surface area contributed by atoms with E-state index >= 15 is 0 Å². The van der Waals surface area contributed by atoms with Crippen molar-refractivity contribution < 1.29 is 117 Å². The number of aliphatic hydroxyl groups excluding tert-OH is 1. The van der Waals surface area contributed by atoms with Crippen LogP contribution in [-0.4, -0.2) is 75.2 Å². The topological polar surface area (TPSA) is 213 Å². The van der Waals surface area contributed by atoms with E-state index in [1.54, 1.807) is 24.3 Å². The number of hydrogen-bond donors (Lipinski definition) is 3. The Balaban J connectivity index is 0.00000968. The zero-order valence-corrected chi connectivity index (χ0v) is 29.1. The van der Waals surface area contributed by atoms with Crippen molar-refractivity contribution in [2.75, 3.05) is 40.5 Å². The minimum atomic E-state index is -1.44. The Morgan fingerprint density at radius 2 is 1.13 bits per heavy atom. The minimum Gasteiger partial charge on any atom is -0.548 e. The smallest absolute Gasteiger partial charge is 0.548 e. The van der Waals surface area contributed by atoms with Crippen LogP contribution in [0.5, 0.6) is 23.0 Å². The largest absolute Gasteiger partial charge is 1.00 e. The molecule has 2 aromatic rings. The number of aliphatic carboxylic acids is 2. The number of benzene rings is 2. The Morgan fingerprint density at radius 3 is 1.53 bits per heavy atom. The van der Waals surface area contributed by atoms with Crippen molar-refractivity contribution in [1.82, 2.24) is 10.6 Å². The van der Waals surface area contributed by atoms with Gasteiger partial charge in [-0.25, -0.2) is 0 Å². The van der Waals surface area contributed by atoms with Crippen molar-refractivity contribution in [3.63, 3.8) is 0 Å². The van der Waals surface area contributed by atoms with Crippen LogP contribution in [0.25, 0.3) is 12.2 Å². The zero-order valence-electron chi connectivity index (χ0n) is 25.1. The van der Waals surface area contributed by atoms with E-state index in [9.17, 15) is 39.3 Å². The number of ether oxygens (including phenoxy) is 4. The summed E-state index contributed by atoms with van der Waals surface area (Å²) < 4.78 is 21.1. The van der Waals surface area contributed by atoms with Crippen LogP contribution in [-0.2, 0) is 24.0 Å². The van der Waals surface area contributed by atoms with Gasteiger partial charge in [-0.3, -0.25) is 14.4 Å². The van der Waals surface area contributed by atoms with Crippen molar-refractivity contribution >= 4 is 41.7 Å². The van der Waals surface area contributed by atoms with E-state index in [2.05, 4.69) is 10.6 Å². The number of rotatable bonds is 17. The molecule has 0 radical (unpaired) electrons. The molecule has 2 amide bonds. The molecule has 16 heteroatoms. The minimum absolute atomic E-state index is 0. The second-order valence-electron chi connectivity index (χ2n) is 8.33. The summed E-state index contributed by atoms with van der Waals surface area (Å²) in [5, 5.41) is 35.2. The molecule has 0 saturated carbocycles. The monoisotopic (exact) mass is 642 g/mol. The Morgan fingerprint density at radius 1 is 0.711 bits per heavy atom. The Bertz CT molecular complexity index is 1440. The fourth-order valence-corrected chi connectivity index (χ4v) is 3.15. The average Bonchev–Trinajstić information content (AvgIpc) is 2.98. The number of aliphatic hydroxyl groups is 1. The SMILES string of the molecule is COc1cc(/C=C/C(=O)/C=C(O)/C=C/c2ccc(OCC(=O)NCC(=O)[O-])c(OC)c2)ccc1OCC(=O)NCC(=O)[O-].[Na+].[Na+]. The molecule has 0 fully saturated rings. The number of allylic oxidation sites excluding steroid dienone is 3. The molecule has 0 atom stereocenters. The number of nitrogens with one attached hydrogen (secondary N) is 2. The molecule has 0 unspecified atom stereocenters. The first-order chi connectivity index (χ1) is 20.5. The van der Waals surface area contributed by atoms with Crippen molar-refractivity contribution in [3.05, 3.63) is 71.5 Å². The molecule has 0 aliphatic rings. The van der Waals surface area contributed by atoms with Gasteiger partial charge in [-0.1, -0.05) is 24.3 Å². The first-order valence-corrected chi connectivity index (χ1v) is 12.4. The second kappa shape index (κ2) is 21.8. The number of carboxylic acids is 2. The predicted octanol–water partition coefficient (Wildman–Crippen LogP) is -7.06. The third-order valence-electron chi connectivity index (χ3n) is 5.13. The van der Waals surface area contributed by atoms with Crippen molar-refractivity contribution in [2.45, 2.75) is 0 Å². The van der Waals surface area contributed by atoms with Gasteiger partial charge < -0.3 is 54.5 Å². The molecular weight excluding hydrogens is 614 g/mol. The maximum absolute atomic E-state index is 12.3. The molecule has 228 valence electrons. The molecule has 0 spiro atoms. The fraction of sp³-hybridized carbons (Fsp3) is 0.207. The number of carbonyl (C=O) groups is 5. The van der Waals surface area contributed by atoms with Gasteiger partial charge in [0, 0.05) is 6.08 Å². The Hall–Kier alpha value is -3.79. The summed E-state index contributed by atoms with van der Waals surface area (Å²) in [6, 6.07) is 9.30. The summed E-state index contributed by atoms with van der Waals surface area (Å²) in [5.41, 5.74) is 1.12. The average molecular weight is 643 g/mol. The van der Waals surface area contributed by atoms with Gasteiger partial charge >= 0.3 is 59.1 Å². The van der Waals surface area contributed by atoms with Crippen LogP contribution in [0.15, 0.2) is 60.4 Å². The number of ketones is 1. The van der Waals surface area contributed by atoms with Crippen LogP contribution < -0.4 is 98.9 Å². The molecule has 2 aromatic carbocycles. The molecule has 0 aromatic heterocycles. The first-order valence-electron chi connectivity index (χ1n) is 12.4. The van der Waals surface area contributed by atoms with Gasteiger partial charge in [0.1, 0.15) is 5.76 Å². The van der Waals surface area contributed by atoms with Gasteiger partial charge in [-0.2, -0.15) is 0 Å². The standard InChI is InChI=1S/C29H30N2O12.2Na/c1-40-24-11-18(5-9-22(24)42-16-26(34)30-14-28(36)37)3-7-20(32)13-21(33)8-4-19-6-10-23(25(12-19)41-2)43-17-27(35)31-15-29(38)39;;/h3-13,32H,14-17H2,1-2H3,(H,30,34)(H,31,35)(H,36,37)(H,38,39);;/q;2*+1/p-2/b7-3+,8-4+,20-13-;;. The molecule has 2 rings (SSSR count). The normalized spacial score (nSPS) is 10.7. The molecule has 0 aliphatic heterocycles. The molecule has 0 bridgehead atoms. The van der Waals surface area contributed by atoms with Crippen LogP contribution in [0.3, 0.4) is 0 Å². The number of methoxy groups -OCH3 is 2. The molecule has 0 heterocycles. The van der Waals surface area contributed by atoms with Gasteiger partial charge in [-0.15, -0.1) is 0 Å². The van der Waals surface area contributed by atoms with E-state index in [4.69, 9.17) is 18.9 Å². The van der Waals surface area contributed by atoms with E-state index < -0.39 is 55.8 Å². The van der Waals surface area contributed by atoms with E-state index in [0.717, 1.165) is 6.08 Å². The van der Waals surface area contributed by atoms with Crippen molar-refractivity contribution in [2.24, 2.45) is 0 Å². The summed E-state index contributed by atoms with van der Waals surface area (Å²) in [6.07, 6.45) is 6.46. The van der Waals surface area contributed by atoms with Crippen LogP contribution >= 0.6 is 0 Å². The number of amides is 2. The van der Waals surface area contributed by atoms with Gasteiger partial charge in [0.15, 0.2) is 42.0 Å². The molecule has 3 N–H and O–H groups in total. The molecule has 14 nitrogen and oxygen atoms in total. The zero-order chi connectivity index (χ0) is 31.8. The molecule has 0 aliphatic carbocycles. The summed E-state index contributed by atoms with van der Waals surface area (Å²) in [6.45, 7) is -2.19. The maximum Gasteiger partial charge on any atom is 1.00 e. The molecular formula is C29H28N2Na2O12. The Kier molecular flexibility index (Phi) is 20.0. The third kappa shape index (κ3) is 16.2. The number of carboxylic acid groups (broad SMARTS) is 2. The number of hydrogen-bond acceptors (Lipinski definition) is 12. The molecule has 45 heavy (non-hydrogen) atoms. The van der Waals surface area contributed by atoms with E-state index in [1.807, 2.05) is 0 Å². The van der Waals surface area contributed by atoms with Crippen LogP contribution in [0.2, 0.25) is 0 Å². The predicted molar refractivity (Wildman–Crippen MR) is 147 cm³/mol. The molecule has 0 saturated heterocycles. The first kappa shape index (κ1) is 41.2. The van der Waals surface area contributed by atoms with E-state index in [0.29, 0.717) is 11.1 Å². The second-order valence-corrected chi connectivity index (χ2v) is 8.33. The van der Waals surface area contributed by atoms with Crippen LogP contribution in [0.1, 0.15) is 11.1 Å². The third-order valence-corrected chi connectivity index (χ3v) is 5.13. The summed E-state index contributed by atoms with van der Waals surface area (Å²) >= 11 is 0. The van der Waals surface area contributed by atoms with Gasteiger partial charge in [0.2, 0.25) is 0 Å². The van der Waals surface area contributed by atoms with Gasteiger partial charge in [-0.05, 0) is 47.5 Å². The summed E-state index contributed by atoms with van der Waals surface area (Å²) in [4.78, 5) is 56.3. The summed E-state index contributed by atoms with van der Waals surface area (Å²) in [7, 11) is 2.76. The van der Waals surface area contributed by atoms with E-state index in [-0.39, 0.29) is 87.9 Å². The van der Waals surface area contributed by atoms with Crippen molar-refractivity contribution in [3.8, 4) is 23.0 Å². The van der Waals surface area contributed by atoms with Crippen LogP contribution in [0, 0.1) is 0 Å². The quantitative estimate of drug-likeness (QED) is 0.0636. The van der Waals surface area contributed by atoms with Crippen LogP contribution in [0.4, 0.5) is 0 Å².